The standard InChI is InChI=1S/C10H9Cl2NO4/c1-16-9-6(12)3-5(11)7(10(15)17-2)8(9)13-4-14/h3-4H,1-2H3,(H,13,14). The van der Waals surface area contributed by atoms with Crippen LogP contribution in [0.4, 0.5) is 5.69 Å². The zero-order valence-corrected chi connectivity index (χ0v) is 10.6. The molecule has 0 aromatic heterocycles. The van der Waals surface area contributed by atoms with E-state index in [-0.39, 0.29) is 27.0 Å². The largest absolute Gasteiger partial charge is 0.493 e. The first kappa shape index (κ1) is 13.6. The van der Waals surface area contributed by atoms with E-state index in [1.165, 1.54) is 20.3 Å². The first-order chi connectivity index (χ1) is 8.06. The summed E-state index contributed by atoms with van der Waals surface area (Å²) in [7, 11) is 2.55. The molecule has 0 saturated heterocycles. The van der Waals surface area contributed by atoms with Crippen LogP contribution in [0, 0.1) is 0 Å². The Morgan fingerprint density at radius 1 is 1.35 bits per heavy atom. The topological polar surface area (TPSA) is 64.6 Å². The molecule has 0 fully saturated rings. The first-order valence-corrected chi connectivity index (χ1v) is 5.16. The van der Waals surface area contributed by atoms with Crippen molar-refractivity contribution >= 4 is 41.3 Å². The fourth-order valence-corrected chi connectivity index (χ4v) is 1.92. The molecule has 1 amide bonds. The van der Waals surface area contributed by atoms with Crippen LogP contribution in [0.15, 0.2) is 6.07 Å². The monoisotopic (exact) mass is 277 g/mol. The highest BCUT2D eigenvalue weighted by atomic mass is 35.5. The Balaban J connectivity index is 3.54. The van der Waals surface area contributed by atoms with Gasteiger partial charge >= 0.3 is 5.97 Å². The summed E-state index contributed by atoms with van der Waals surface area (Å²) in [5.41, 5.74) is 0.0642. The molecule has 0 aliphatic heterocycles. The number of halogens is 2. The van der Waals surface area contributed by atoms with E-state index in [0.717, 1.165) is 0 Å². The highest BCUT2D eigenvalue weighted by Gasteiger charge is 2.23. The molecule has 92 valence electrons. The summed E-state index contributed by atoms with van der Waals surface area (Å²) in [6.07, 6.45) is 0.386. The first-order valence-electron chi connectivity index (χ1n) is 4.41. The molecule has 0 radical (unpaired) electrons. The number of hydrogen-bond donors (Lipinski definition) is 1. The summed E-state index contributed by atoms with van der Waals surface area (Å²) >= 11 is 11.7. The average Bonchev–Trinajstić information content (AvgIpc) is 2.29. The highest BCUT2D eigenvalue weighted by Crippen LogP contribution is 2.40. The van der Waals surface area contributed by atoms with E-state index in [9.17, 15) is 9.59 Å². The molecular weight excluding hydrogens is 269 g/mol. The van der Waals surface area contributed by atoms with Crippen LogP contribution in [-0.2, 0) is 9.53 Å². The minimum atomic E-state index is -0.700. The maximum Gasteiger partial charge on any atom is 0.341 e. The number of anilines is 1. The molecule has 0 unspecified atom stereocenters. The van der Waals surface area contributed by atoms with E-state index >= 15 is 0 Å². The quantitative estimate of drug-likeness (QED) is 0.678. The van der Waals surface area contributed by atoms with Gasteiger partial charge in [-0.1, -0.05) is 23.2 Å². The van der Waals surface area contributed by atoms with Crippen LogP contribution in [0.2, 0.25) is 10.0 Å². The fourth-order valence-electron chi connectivity index (χ4n) is 1.30. The number of methoxy groups -OCH3 is 2. The van der Waals surface area contributed by atoms with E-state index < -0.39 is 5.97 Å². The van der Waals surface area contributed by atoms with Crippen molar-refractivity contribution in [2.75, 3.05) is 19.5 Å². The van der Waals surface area contributed by atoms with E-state index in [0.29, 0.717) is 6.41 Å². The summed E-state index contributed by atoms with van der Waals surface area (Å²) in [4.78, 5) is 22.1. The van der Waals surface area contributed by atoms with Crippen molar-refractivity contribution in [2.45, 2.75) is 0 Å². The number of carbonyl (C=O) groups excluding carboxylic acids is 2. The van der Waals surface area contributed by atoms with E-state index in [1.54, 1.807) is 0 Å². The molecule has 1 rings (SSSR count). The van der Waals surface area contributed by atoms with Gasteiger partial charge in [0.1, 0.15) is 11.3 Å². The minimum Gasteiger partial charge on any atom is -0.493 e. The Labute approximate surface area is 108 Å². The number of benzene rings is 1. The molecule has 0 atom stereocenters. The highest BCUT2D eigenvalue weighted by molar-refractivity contribution is 6.38. The molecule has 0 heterocycles. The van der Waals surface area contributed by atoms with Crippen molar-refractivity contribution in [3.8, 4) is 5.75 Å². The predicted molar refractivity (Wildman–Crippen MR) is 64.0 cm³/mol. The molecule has 0 spiro atoms. The molecule has 1 aromatic rings. The molecule has 0 bridgehead atoms. The van der Waals surface area contributed by atoms with Gasteiger partial charge in [0.25, 0.3) is 0 Å². The second-order valence-corrected chi connectivity index (χ2v) is 3.69. The van der Waals surface area contributed by atoms with Gasteiger partial charge in [0.15, 0.2) is 5.75 Å². The molecular formula is C10H9Cl2NO4. The van der Waals surface area contributed by atoms with Crippen molar-refractivity contribution in [3.63, 3.8) is 0 Å². The van der Waals surface area contributed by atoms with E-state index in [2.05, 4.69) is 10.1 Å². The van der Waals surface area contributed by atoms with Crippen molar-refractivity contribution < 1.29 is 19.1 Å². The number of esters is 1. The molecule has 7 heteroatoms. The number of ether oxygens (including phenoxy) is 2. The van der Waals surface area contributed by atoms with Crippen LogP contribution in [0.3, 0.4) is 0 Å². The zero-order valence-electron chi connectivity index (χ0n) is 9.04. The van der Waals surface area contributed by atoms with Crippen molar-refractivity contribution in [1.29, 1.82) is 0 Å². The summed E-state index contributed by atoms with van der Waals surface area (Å²) < 4.78 is 9.56. The summed E-state index contributed by atoms with van der Waals surface area (Å²) in [6.45, 7) is 0. The number of nitrogens with one attached hydrogen (secondary N) is 1. The molecule has 1 N–H and O–H groups in total. The Bertz CT molecular complexity index is 462. The fraction of sp³-hybridized carbons (Fsp3) is 0.200. The summed E-state index contributed by atoms with van der Waals surface area (Å²) in [5, 5.41) is 2.55. The normalized spacial score (nSPS) is 9.65. The van der Waals surface area contributed by atoms with E-state index in [4.69, 9.17) is 27.9 Å². The molecule has 0 aliphatic carbocycles. The Morgan fingerprint density at radius 2 is 2.00 bits per heavy atom. The van der Waals surface area contributed by atoms with Crippen molar-refractivity contribution in [1.82, 2.24) is 0 Å². The third-order valence-electron chi connectivity index (χ3n) is 1.98. The molecule has 1 aromatic carbocycles. The number of hydrogen-bond acceptors (Lipinski definition) is 4. The maximum absolute atomic E-state index is 11.5. The second kappa shape index (κ2) is 5.75. The van der Waals surface area contributed by atoms with Gasteiger partial charge in [-0.3, -0.25) is 4.79 Å². The lowest BCUT2D eigenvalue weighted by Crippen LogP contribution is -2.09. The van der Waals surface area contributed by atoms with Crippen molar-refractivity contribution in [2.24, 2.45) is 0 Å². The number of carbonyl (C=O) groups is 2. The Hall–Kier alpha value is -1.46. The Morgan fingerprint density at radius 3 is 2.47 bits per heavy atom. The van der Waals surface area contributed by atoms with Gasteiger partial charge in [-0.15, -0.1) is 0 Å². The maximum atomic E-state index is 11.5. The second-order valence-electron chi connectivity index (χ2n) is 2.88. The van der Waals surface area contributed by atoms with Crippen molar-refractivity contribution in [3.05, 3.63) is 21.7 Å². The van der Waals surface area contributed by atoms with Gasteiger partial charge < -0.3 is 14.8 Å². The van der Waals surface area contributed by atoms with Gasteiger partial charge in [-0.05, 0) is 6.07 Å². The minimum absolute atomic E-state index is 0.0116. The smallest absolute Gasteiger partial charge is 0.341 e. The third-order valence-corrected chi connectivity index (χ3v) is 2.56. The van der Waals surface area contributed by atoms with E-state index in [1.807, 2.05) is 0 Å². The van der Waals surface area contributed by atoms with Crippen LogP contribution < -0.4 is 10.1 Å². The number of amides is 1. The summed E-state index contributed by atoms with van der Waals surface area (Å²) in [5.74, 6) is -0.558. The summed E-state index contributed by atoms with van der Waals surface area (Å²) in [6, 6.07) is 1.34. The number of rotatable bonds is 4. The molecule has 5 nitrogen and oxygen atoms in total. The van der Waals surface area contributed by atoms with Crippen LogP contribution >= 0.6 is 23.2 Å². The van der Waals surface area contributed by atoms with Gasteiger partial charge in [0.2, 0.25) is 6.41 Å². The predicted octanol–water partition coefficient (Wildman–Crippen LogP) is 2.36. The van der Waals surface area contributed by atoms with Gasteiger partial charge in [-0.25, -0.2) is 4.79 Å². The molecule has 17 heavy (non-hydrogen) atoms. The zero-order chi connectivity index (χ0) is 13.0. The van der Waals surface area contributed by atoms with Crippen LogP contribution in [0.5, 0.6) is 5.75 Å². The molecule has 0 saturated carbocycles. The van der Waals surface area contributed by atoms with Gasteiger partial charge in [-0.2, -0.15) is 0 Å². The third kappa shape index (κ3) is 2.62. The lowest BCUT2D eigenvalue weighted by Gasteiger charge is -2.14. The van der Waals surface area contributed by atoms with Crippen LogP contribution in [0.25, 0.3) is 0 Å². The Kier molecular flexibility index (Phi) is 4.60. The van der Waals surface area contributed by atoms with Crippen LogP contribution in [-0.4, -0.2) is 26.6 Å². The average molecular weight is 278 g/mol. The van der Waals surface area contributed by atoms with Gasteiger partial charge in [0.05, 0.1) is 24.3 Å². The lowest BCUT2D eigenvalue weighted by molar-refractivity contribution is -0.105. The molecule has 0 aliphatic rings. The lowest BCUT2D eigenvalue weighted by atomic mass is 10.1. The van der Waals surface area contributed by atoms with Crippen LogP contribution in [0.1, 0.15) is 10.4 Å². The SMILES string of the molecule is COC(=O)c1c(Cl)cc(Cl)c(OC)c1NC=O. The van der Waals surface area contributed by atoms with Gasteiger partial charge in [0, 0.05) is 0 Å².